The molecule has 1 atom stereocenters. The van der Waals surface area contributed by atoms with Crippen molar-refractivity contribution in [1.29, 1.82) is 0 Å². The standard InChI is InChI=1S/C15H21NO5/c1-20-15-9-12(16(18)19)6-7-14(15)21-10-13(17)8-11-4-2-3-5-11/h6-7,9,11,13,17H,2-5,8,10H2,1H3. The Hall–Kier alpha value is -1.82. The van der Waals surface area contributed by atoms with Gasteiger partial charge < -0.3 is 14.6 Å². The molecule has 116 valence electrons. The molecule has 0 spiro atoms. The normalized spacial score (nSPS) is 16.7. The topological polar surface area (TPSA) is 81.8 Å². The van der Waals surface area contributed by atoms with E-state index in [9.17, 15) is 15.2 Å². The van der Waals surface area contributed by atoms with Crippen LogP contribution in [-0.4, -0.2) is 29.9 Å². The molecule has 1 aromatic rings. The number of hydrogen-bond donors (Lipinski definition) is 1. The van der Waals surface area contributed by atoms with Gasteiger partial charge in [-0.3, -0.25) is 10.1 Å². The highest BCUT2D eigenvalue weighted by molar-refractivity contribution is 5.48. The van der Waals surface area contributed by atoms with E-state index in [1.807, 2.05) is 0 Å². The lowest BCUT2D eigenvalue weighted by Gasteiger charge is -2.17. The maximum Gasteiger partial charge on any atom is 0.273 e. The SMILES string of the molecule is COc1cc([N+](=O)[O-])ccc1OCC(O)CC1CCCC1. The fourth-order valence-electron chi connectivity index (χ4n) is 2.77. The molecule has 2 rings (SSSR count). The second kappa shape index (κ2) is 7.26. The zero-order valence-electron chi connectivity index (χ0n) is 12.2. The summed E-state index contributed by atoms with van der Waals surface area (Å²) in [5, 5.41) is 20.7. The van der Waals surface area contributed by atoms with Crippen LogP contribution in [0.4, 0.5) is 5.69 Å². The Morgan fingerprint density at radius 3 is 2.71 bits per heavy atom. The summed E-state index contributed by atoms with van der Waals surface area (Å²) in [6, 6.07) is 4.18. The minimum atomic E-state index is -0.520. The average molecular weight is 295 g/mol. The van der Waals surface area contributed by atoms with Gasteiger partial charge in [-0.05, 0) is 18.4 Å². The molecule has 0 amide bonds. The van der Waals surface area contributed by atoms with Crippen molar-refractivity contribution in [3.05, 3.63) is 28.3 Å². The number of ether oxygens (including phenoxy) is 2. The van der Waals surface area contributed by atoms with Gasteiger partial charge in [-0.2, -0.15) is 0 Å². The van der Waals surface area contributed by atoms with Crippen molar-refractivity contribution in [2.75, 3.05) is 13.7 Å². The molecular weight excluding hydrogens is 274 g/mol. The smallest absolute Gasteiger partial charge is 0.273 e. The van der Waals surface area contributed by atoms with E-state index in [1.165, 1.54) is 51.0 Å². The van der Waals surface area contributed by atoms with Gasteiger partial charge in [0.1, 0.15) is 6.61 Å². The quantitative estimate of drug-likeness (QED) is 0.618. The molecule has 0 radical (unpaired) electrons. The molecule has 0 heterocycles. The number of benzene rings is 1. The number of aliphatic hydroxyl groups is 1. The summed E-state index contributed by atoms with van der Waals surface area (Å²) in [6.45, 7) is 0.171. The number of nitro benzene ring substituents is 1. The van der Waals surface area contributed by atoms with E-state index in [1.54, 1.807) is 0 Å². The number of methoxy groups -OCH3 is 1. The first-order valence-electron chi connectivity index (χ1n) is 7.23. The fourth-order valence-corrected chi connectivity index (χ4v) is 2.77. The summed E-state index contributed by atoms with van der Waals surface area (Å²) >= 11 is 0. The molecule has 1 aliphatic carbocycles. The monoisotopic (exact) mass is 295 g/mol. The van der Waals surface area contributed by atoms with E-state index in [2.05, 4.69) is 0 Å². The predicted octanol–water partition coefficient (Wildman–Crippen LogP) is 2.92. The van der Waals surface area contributed by atoms with Gasteiger partial charge in [0.2, 0.25) is 0 Å². The molecule has 1 fully saturated rings. The predicted molar refractivity (Wildman–Crippen MR) is 77.7 cm³/mol. The largest absolute Gasteiger partial charge is 0.493 e. The molecule has 21 heavy (non-hydrogen) atoms. The zero-order chi connectivity index (χ0) is 15.2. The molecule has 0 aromatic heterocycles. The maximum atomic E-state index is 10.7. The number of aliphatic hydroxyl groups excluding tert-OH is 1. The van der Waals surface area contributed by atoms with Crippen molar-refractivity contribution in [1.82, 2.24) is 0 Å². The Morgan fingerprint density at radius 1 is 1.38 bits per heavy atom. The third-order valence-electron chi connectivity index (χ3n) is 3.87. The molecule has 0 saturated heterocycles. The number of non-ortho nitro benzene ring substituents is 1. The molecular formula is C15H21NO5. The molecule has 0 bridgehead atoms. The van der Waals surface area contributed by atoms with Crippen molar-refractivity contribution < 1.29 is 19.5 Å². The van der Waals surface area contributed by atoms with Crippen LogP contribution in [0.15, 0.2) is 18.2 Å². The van der Waals surface area contributed by atoms with Crippen LogP contribution < -0.4 is 9.47 Å². The van der Waals surface area contributed by atoms with Crippen LogP contribution in [-0.2, 0) is 0 Å². The molecule has 6 heteroatoms. The van der Waals surface area contributed by atoms with Gasteiger partial charge in [-0.1, -0.05) is 25.7 Å². The van der Waals surface area contributed by atoms with Crippen molar-refractivity contribution in [2.24, 2.45) is 5.92 Å². The Morgan fingerprint density at radius 2 is 2.10 bits per heavy atom. The van der Waals surface area contributed by atoms with Gasteiger partial charge in [0.15, 0.2) is 11.5 Å². The van der Waals surface area contributed by atoms with Crippen LogP contribution in [0, 0.1) is 16.0 Å². The average Bonchev–Trinajstić information content (AvgIpc) is 2.97. The third-order valence-corrected chi connectivity index (χ3v) is 3.87. The van der Waals surface area contributed by atoms with E-state index in [-0.39, 0.29) is 12.3 Å². The summed E-state index contributed by atoms with van der Waals surface area (Å²) in [7, 11) is 1.43. The van der Waals surface area contributed by atoms with E-state index in [0.717, 1.165) is 6.42 Å². The Labute approximate surface area is 123 Å². The molecule has 1 aromatic carbocycles. The third kappa shape index (κ3) is 4.32. The number of nitro groups is 1. The Bertz CT molecular complexity index is 485. The van der Waals surface area contributed by atoms with E-state index in [0.29, 0.717) is 17.4 Å². The first-order valence-corrected chi connectivity index (χ1v) is 7.23. The second-order valence-corrected chi connectivity index (χ2v) is 5.44. The fraction of sp³-hybridized carbons (Fsp3) is 0.600. The molecule has 1 aliphatic rings. The molecule has 1 N–H and O–H groups in total. The van der Waals surface area contributed by atoms with Crippen LogP contribution in [0.3, 0.4) is 0 Å². The van der Waals surface area contributed by atoms with Crippen molar-refractivity contribution in [3.63, 3.8) is 0 Å². The Kier molecular flexibility index (Phi) is 5.38. The van der Waals surface area contributed by atoms with Crippen molar-refractivity contribution in [3.8, 4) is 11.5 Å². The zero-order valence-corrected chi connectivity index (χ0v) is 12.2. The van der Waals surface area contributed by atoms with Gasteiger partial charge in [-0.15, -0.1) is 0 Å². The second-order valence-electron chi connectivity index (χ2n) is 5.44. The van der Waals surface area contributed by atoms with E-state index in [4.69, 9.17) is 9.47 Å². The first kappa shape index (κ1) is 15.6. The number of nitrogens with zero attached hydrogens (tertiary/aromatic N) is 1. The van der Waals surface area contributed by atoms with Gasteiger partial charge in [-0.25, -0.2) is 0 Å². The van der Waals surface area contributed by atoms with Crippen molar-refractivity contribution in [2.45, 2.75) is 38.2 Å². The summed E-state index contributed by atoms with van der Waals surface area (Å²) in [5.74, 6) is 1.30. The van der Waals surface area contributed by atoms with Crippen LogP contribution >= 0.6 is 0 Å². The van der Waals surface area contributed by atoms with Gasteiger partial charge in [0.25, 0.3) is 5.69 Å². The highest BCUT2D eigenvalue weighted by atomic mass is 16.6. The minimum absolute atomic E-state index is 0.0503. The van der Waals surface area contributed by atoms with Crippen LogP contribution in [0.5, 0.6) is 11.5 Å². The molecule has 6 nitrogen and oxygen atoms in total. The van der Waals surface area contributed by atoms with Gasteiger partial charge >= 0.3 is 0 Å². The van der Waals surface area contributed by atoms with Crippen LogP contribution in [0.2, 0.25) is 0 Å². The van der Waals surface area contributed by atoms with Gasteiger partial charge in [0, 0.05) is 6.07 Å². The van der Waals surface area contributed by atoms with E-state index >= 15 is 0 Å². The minimum Gasteiger partial charge on any atom is -0.493 e. The lowest BCUT2D eigenvalue weighted by molar-refractivity contribution is -0.384. The van der Waals surface area contributed by atoms with Gasteiger partial charge in [0.05, 0.1) is 24.2 Å². The lowest BCUT2D eigenvalue weighted by Crippen LogP contribution is -2.20. The maximum absolute atomic E-state index is 10.7. The molecule has 0 aliphatic heterocycles. The number of hydrogen-bond acceptors (Lipinski definition) is 5. The summed E-state index contributed by atoms with van der Waals surface area (Å²) in [4.78, 5) is 10.2. The van der Waals surface area contributed by atoms with Crippen molar-refractivity contribution >= 4 is 5.69 Å². The van der Waals surface area contributed by atoms with Crippen LogP contribution in [0.25, 0.3) is 0 Å². The Balaban J connectivity index is 1.90. The highest BCUT2D eigenvalue weighted by Crippen LogP contribution is 2.32. The highest BCUT2D eigenvalue weighted by Gasteiger charge is 2.20. The summed E-state index contributed by atoms with van der Waals surface area (Å²) in [6.07, 6.45) is 5.07. The molecule has 1 unspecified atom stereocenters. The lowest BCUT2D eigenvalue weighted by atomic mass is 10.0. The molecule has 1 saturated carbocycles. The van der Waals surface area contributed by atoms with E-state index < -0.39 is 11.0 Å². The van der Waals surface area contributed by atoms with Crippen LogP contribution in [0.1, 0.15) is 32.1 Å². The first-order chi connectivity index (χ1) is 10.1. The number of rotatable bonds is 7. The summed E-state index contributed by atoms with van der Waals surface area (Å²) < 4.78 is 10.6. The summed E-state index contributed by atoms with van der Waals surface area (Å²) in [5.41, 5.74) is -0.0503.